The second kappa shape index (κ2) is 8.29. The van der Waals surface area contributed by atoms with E-state index >= 15 is 0 Å². The van der Waals surface area contributed by atoms with Crippen LogP contribution in [-0.4, -0.2) is 28.6 Å². The molecule has 3 saturated carbocycles. The van der Waals surface area contributed by atoms with Crippen LogP contribution in [0, 0.1) is 23.7 Å². The maximum absolute atomic E-state index is 14.7. The van der Waals surface area contributed by atoms with Crippen LogP contribution in [0.1, 0.15) is 83.5 Å². The van der Waals surface area contributed by atoms with Gasteiger partial charge in [0, 0.05) is 0 Å². The molecular formula is C20H35FO2. The monoisotopic (exact) mass is 326 g/mol. The minimum absolute atomic E-state index is 0.0640. The summed E-state index contributed by atoms with van der Waals surface area (Å²) in [7, 11) is 0. The van der Waals surface area contributed by atoms with Crippen molar-refractivity contribution in [2.45, 2.75) is 102 Å². The summed E-state index contributed by atoms with van der Waals surface area (Å²) in [6.45, 7) is 0. The van der Waals surface area contributed by atoms with Crippen LogP contribution in [-0.2, 0) is 0 Å². The number of alkyl halides is 1. The molecular weight excluding hydrogens is 291 g/mol. The lowest BCUT2D eigenvalue weighted by atomic mass is 9.68. The Morgan fingerprint density at radius 1 is 0.652 bits per heavy atom. The van der Waals surface area contributed by atoms with Gasteiger partial charge in [-0.15, -0.1) is 0 Å². The summed E-state index contributed by atoms with van der Waals surface area (Å²) in [5, 5.41) is 19.2. The molecule has 0 aromatic carbocycles. The Balaban J connectivity index is 1.38. The van der Waals surface area contributed by atoms with Crippen LogP contribution in [0.3, 0.4) is 0 Å². The second-order valence-electron chi connectivity index (χ2n) is 8.68. The molecule has 0 amide bonds. The molecule has 0 aromatic rings. The summed E-state index contributed by atoms with van der Waals surface area (Å²) < 4.78 is 14.7. The molecule has 3 fully saturated rings. The molecule has 2 N–H and O–H groups in total. The van der Waals surface area contributed by atoms with Crippen molar-refractivity contribution >= 4 is 0 Å². The molecule has 3 unspecified atom stereocenters. The van der Waals surface area contributed by atoms with Crippen molar-refractivity contribution in [3.05, 3.63) is 0 Å². The van der Waals surface area contributed by atoms with Crippen LogP contribution >= 0.6 is 0 Å². The zero-order valence-electron chi connectivity index (χ0n) is 14.5. The van der Waals surface area contributed by atoms with Crippen molar-refractivity contribution in [3.8, 4) is 0 Å². The normalized spacial score (nSPS) is 45.8. The van der Waals surface area contributed by atoms with E-state index < -0.39 is 6.17 Å². The standard InChI is InChI=1S/C20H35FO2/c21-20-13-15(2-1-14-3-8-17(22)9-4-14)5-12-19(20)16-6-10-18(23)11-7-16/h14-20,22-23H,1-13H2. The largest absolute Gasteiger partial charge is 0.393 e. The molecule has 3 aliphatic carbocycles. The minimum Gasteiger partial charge on any atom is -0.393 e. The number of rotatable bonds is 4. The smallest absolute Gasteiger partial charge is 0.103 e. The zero-order chi connectivity index (χ0) is 16.2. The predicted molar refractivity (Wildman–Crippen MR) is 90.9 cm³/mol. The fourth-order valence-electron chi connectivity index (χ4n) is 5.45. The topological polar surface area (TPSA) is 40.5 Å². The molecule has 0 bridgehead atoms. The first kappa shape index (κ1) is 17.7. The van der Waals surface area contributed by atoms with Crippen molar-refractivity contribution in [1.29, 1.82) is 0 Å². The van der Waals surface area contributed by atoms with Gasteiger partial charge in [-0.05, 0) is 94.3 Å². The van der Waals surface area contributed by atoms with Gasteiger partial charge in [-0.2, -0.15) is 0 Å². The van der Waals surface area contributed by atoms with Gasteiger partial charge in [-0.3, -0.25) is 0 Å². The molecule has 3 aliphatic rings. The number of aliphatic hydroxyl groups is 2. The minimum atomic E-state index is -0.609. The Hall–Kier alpha value is -0.150. The van der Waals surface area contributed by atoms with E-state index in [1.54, 1.807) is 0 Å². The number of halogens is 1. The van der Waals surface area contributed by atoms with Crippen molar-refractivity contribution in [2.24, 2.45) is 23.7 Å². The van der Waals surface area contributed by atoms with E-state index in [9.17, 15) is 14.6 Å². The van der Waals surface area contributed by atoms with Crippen LogP contribution in [0.5, 0.6) is 0 Å². The number of aliphatic hydroxyl groups excluding tert-OH is 2. The SMILES string of the molecule is OC1CCC(CCC2CCC(C3CCC(O)CC3)C(F)C2)CC1. The maximum Gasteiger partial charge on any atom is 0.103 e. The molecule has 3 heteroatoms. The van der Waals surface area contributed by atoms with Gasteiger partial charge in [0.2, 0.25) is 0 Å². The third kappa shape index (κ3) is 4.92. The van der Waals surface area contributed by atoms with Crippen molar-refractivity contribution in [3.63, 3.8) is 0 Å². The first-order chi connectivity index (χ1) is 11.1. The molecule has 0 spiro atoms. The second-order valence-corrected chi connectivity index (χ2v) is 8.68. The van der Waals surface area contributed by atoms with Crippen molar-refractivity contribution < 1.29 is 14.6 Å². The quantitative estimate of drug-likeness (QED) is 0.791. The third-order valence-electron chi connectivity index (χ3n) is 7.08. The predicted octanol–water partition coefficient (Wildman–Crippen LogP) is 4.62. The summed E-state index contributed by atoms with van der Waals surface area (Å²) in [6.07, 6.45) is 12.8. The summed E-state index contributed by atoms with van der Waals surface area (Å²) >= 11 is 0. The Kier molecular flexibility index (Phi) is 6.37. The first-order valence-corrected chi connectivity index (χ1v) is 10.1. The first-order valence-electron chi connectivity index (χ1n) is 10.1. The van der Waals surface area contributed by atoms with E-state index in [2.05, 4.69) is 0 Å². The van der Waals surface area contributed by atoms with Crippen LogP contribution in [0.15, 0.2) is 0 Å². The third-order valence-corrected chi connectivity index (χ3v) is 7.08. The molecule has 0 heterocycles. The lowest BCUT2D eigenvalue weighted by Crippen LogP contribution is -2.34. The maximum atomic E-state index is 14.7. The highest BCUT2D eigenvalue weighted by atomic mass is 19.1. The number of hydrogen-bond donors (Lipinski definition) is 2. The van der Waals surface area contributed by atoms with Crippen molar-refractivity contribution in [1.82, 2.24) is 0 Å². The van der Waals surface area contributed by atoms with Gasteiger partial charge in [0.15, 0.2) is 0 Å². The average molecular weight is 326 g/mol. The summed E-state index contributed by atoms with van der Waals surface area (Å²) in [6, 6.07) is 0. The Bertz CT molecular complexity index is 346. The van der Waals surface area contributed by atoms with Gasteiger partial charge >= 0.3 is 0 Å². The van der Waals surface area contributed by atoms with E-state index in [1.165, 1.54) is 32.1 Å². The van der Waals surface area contributed by atoms with E-state index in [4.69, 9.17) is 0 Å². The van der Waals surface area contributed by atoms with Gasteiger partial charge in [0.05, 0.1) is 12.2 Å². The van der Waals surface area contributed by atoms with Crippen LogP contribution in [0.2, 0.25) is 0 Å². The summed E-state index contributed by atoms with van der Waals surface area (Å²) in [4.78, 5) is 0. The summed E-state index contributed by atoms with van der Waals surface area (Å²) in [5.41, 5.74) is 0. The van der Waals surface area contributed by atoms with Gasteiger partial charge < -0.3 is 10.2 Å². The van der Waals surface area contributed by atoms with Crippen LogP contribution in [0.4, 0.5) is 4.39 Å². The number of hydrogen-bond acceptors (Lipinski definition) is 2. The lowest BCUT2D eigenvalue weighted by molar-refractivity contribution is 0.0323. The van der Waals surface area contributed by atoms with E-state index in [-0.39, 0.29) is 18.1 Å². The molecule has 23 heavy (non-hydrogen) atoms. The Morgan fingerprint density at radius 2 is 1.17 bits per heavy atom. The van der Waals surface area contributed by atoms with Crippen molar-refractivity contribution in [2.75, 3.05) is 0 Å². The van der Waals surface area contributed by atoms with E-state index in [0.717, 1.165) is 57.3 Å². The van der Waals surface area contributed by atoms with Crippen LogP contribution in [0.25, 0.3) is 0 Å². The van der Waals surface area contributed by atoms with E-state index in [0.29, 0.717) is 11.8 Å². The van der Waals surface area contributed by atoms with E-state index in [1.807, 2.05) is 0 Å². The van der Waals surface area contributed by atoms with Gasteiger partial charge in [-0.1, -0.05) is 12.8 Å². The molecule has 0 aliphatic heterocycles. The molecule has 0 aromatic heterocycles. The zero-order valence-corrected chi connectivity index (χ0v) is 14.5. The molecule has 3 atom stereocenters. The highest BCUT2D eigenvalue weighted by Gasteiger charge is 2.37. The van der Waals surface area contributed by atoms with Gasteiger partial charge in [0.25, 0.3) is 0 Å². The lowest BCUT2D eigenvalue weighted by Gasteiger charge is -2.39. The average Bonchev–Trinajstić information content (AvgIpc) is 2.55. The Morgan fingerprint density at radius 3 is 1.78 bits per heavy atom. The van der Waals surface area contributed by atoms with Crippen LogP contribution < -0.4 is 0 Å². The summed E-state index contributed by atoms with van der Waals surface area (Å²) in [5.74, 6) is 2.15. The Labute approximate surface area is 140 Å². The highest BCUT2D eigenvalue weighted by Crippen LogP contribution is 2.43. The highest BCUT2D eigenvalue weighted by molar-refractivity contribution is 4.87. The molecule has 0 saturated heterocycles. The van der Waals surface area contributed by atoms with Gasteiger partial charge in [-0.25, -0.2) is 4.39 Å². The molecule has 0 radical (unpaired) electrons. The molecule has 3 rings (SSSR count). The fraction of sp³-hybridized carbons (Fsp3) is 1.00. The molecule has 2 nitrogen and oxygen atoms in total. The van der Waals surface area contributed by atoms with Gasteiger partial charge in [0.1, 0.15) is 6.17 Å². The fourth-order valence-corrected chi connectivity index (χ4v) is 5.45. The molecule has 134 valence electrons.